The molecule has 0 fully saturated rings. The molecule has 0 atom stereocenters. The molecule has 1 heterocycles. The highest BCUT2D eigenvalue weighted by molar-refractivity contribution is 7.25. The number of fused-ring (bicyclic) bond motifs is 6. The topological polar surface area (TPSA) is 3.24 Å². The summed E-state index contributed by atoms with van der Waals surface area (Å²) in [6, 6.07) is 78.0. The van der Waals surface area contributed by atoms with Gasteiger partial charge in [-0.2, -0.15) is 0 Å². The first kappa shape index (κ1) is 35.2. The Balaban J connectivity index is 0.956. The molecule has 0 amide bonds. The van der Waals surface area contributed by atoms with Crippen molar-refractivity contribution in [1.82, 2.24) is 0 Å². The summed E-state index contributed by atoms with van der Waals surface area (Å²) in [7, 11) is 0. The fraction of sp³-hybridized carbons (Fsp3) is 0.0526. The zero-order valence-electron chi connectivity index (χ0n) is 33.1. The third-order valence-electron chi connectivity index (χ3n) is 12.3. The quantitative estimate of drug-likeness (QED) is 0.156. The van der Waals surface area contributed by atoms with Gasteiger partial charge in [-0.25, -0.2) is 0 Å². The average Bonchev–Trinajstić information content (AvgIpc) is 3.78. The van der Waals surface area contributed by atoms with E-state index in [-0.39, 0.29) is 5.41 Å². The molecular formula is C57H41NS. The minimum absolute atomic E-state index is 0.0762. The number of hydrogen-bond acceptors (Lipinski definition) is 2. The maximum Gasteiger partial charge on any atom is 0.0467 e. The highest BCUT2D eigenvalue weighted by atomic mass is 32.1. The van der Waals surface area contributed by atoms with Crippen molar-refractivity contribution in [2.75, 3.05) is 4.90 Å². The van der Waals surface area contributed by atoms with Gasteiger partial charge in [0.15, 0.2) is 0 Å². The van der Waals surface area contributed by atoms with Crippen molar-refractivity contribution >= 4 is 48.6 Å². The summed E-state index contributed by atoms with van der Waals surface area (Å²) in [6.45, 7) is 4.72. The summed E-state index contributed by atoms with van der Waals surface area (Å²) in [5.74, 6) is 0. The van der Waals surface area contributed by atoms with Crippen LogP contribution >= 0.6 is 11.3 Å². The number of rotatable bonds is 7. The lowest BCUT2D eigenvalue weighted by atomic mass is 9.81. The molecule has 0 N–H and O–H groups in total. The van der Waals surface area contributed by atoms with Gasteiger partial charge in [-0.15, -0.1) is 11.3 Å². The Labute approximate surface area is 350 Å². The van der Waals surface area contributed by atoms with Crippen molar-refractivity contribution in [3.8, 4) is 55.6 Å². The molecule has 0 saturated carbocycles. The molecule has 1 nitrogen and oxygen atoms in total. The maximum atomic E-state index is 2.40. The summed E-state index contributed by atoms with van der Waals surface area (Å²) in [6.07, 6.45) is 0. The third-order valence-corrected chi connectivity index (χ3v) is 13.4. The van der Waals surface area contributed by atoms with Gasteiger partial charge in [0, 0.05) is 42.6 Å². The molecule has 9 aromatic carbocycles. The van der Waals surface area contributed by atoms with Crippen LogP contribution in [0.1, 0.15) is 25.0 Å². The molecule has 10 aromatic rings. The van der Waals surface area contributed by atoms with Gasteiger partial charge < -0.3 is 4.90 Å². The number of benzene rings is 9. The van der Waals surface area contributed by atoms with Gasteiger partial charge in [-0.3, -0.25) is 0 Å². The molecule has 0 saturated heterocycles. The number of nitrogens with zero attached hydrogens (tertiary/aromatic N) is 1. The van der Waals surface area contributed by atoms with Gasteiger partial charge in [0.05, 0.1) is 0 Å². The summed E-state index contributed by atoms with van der Waals surface area (Å²) < 4.78 is 2.66. The van der Waals surface area contributed by atoms with E-state index in [2.05, 4.69) is 231 Å². The van der Waals surface area contributed by atoms with Crippen LogP contribution in [0.3, 0.4) is 0 Å². The maximum absolute atomic E-state index is 2.40. The van der Waals surface area contributed by atoms with Gasteiger partial charge in [0.1, 0.15) is 0 Å². The van der Waals surface area contributed by atoms with Gasteiger partial charge >= 0.3 is 0 Å². The van der Waals surface area contributed by atoms with Crippen LogP contribution in [0.2, 0.25) is 0 Å². The van der Waals surface area contributed by atoms with Crippen molar-refractivity contribution in [3.05, 3.63) is 223 Å². The Morgan fingerprint density at radius 3 is 1.53 bits per heavy atom. The van der Waals surface area contributed by atoms with Crippen molar-refractivity contribution in [2.45, 2.75) is 19.3 Å². The summed E-state index contributed by atoms with van der Waals surface area (Å²) >= 11 is 1.86. The molecule has 1 aliphatic carbocycles. The molecule has 280 valence electrons. The molecule has 11 rings (SSSR count). The second-order valence-corrected chi connectivity index (χ2v) is 17.3. The lowest BCUT2D eigenvalue weighted by molar-refractivity contribution is 0.660. The van der Waals surface area contributed by atoms with Crippen LogP contribution < -0.4 is 4.90 Å². The van der Waals surface area contributed by atoms with E-state index in [1.165, 1.54) is 86.9 Å². The lowest BCUT2D eigenvalue weighted by Gasteiger charge is -2.26. The van der Waals surface area contributed by atoms with E-state index in [1.807, 2.05) is 11.3 Å². The monoisotopic (exact) mass is 771 g/mol. The van der Waals surface area contributed by atoms with Gasteiger partial charge in [0.25, 0.3) is 0 Å². The van der Waals surface area contributed by atoms with Crippen LogP contribution in [0.15, 0.2) is 212 Å². The highest BCUT2D eigenvalue weighted by Crippen LogP contribution is 2.51. The first-order valence-electron chi connectivity index (χ1n) is 20.4. The lowest BCUT2D eigenvalue weighted by Crippen LogP contribution is -2.15. The third kappa shape index (κ3) is 6.16. The number of hydrogen-bond donors (Lipinski definition) is 0. The Morgan fingerprint density at radius 1 is 0.322 bits per heavy atom. The zero-order valence-corrected chi connectivity index (χ0v) is 33.9. The van der Waals surface area contributed by atoms with Gasteiger partial charge in [0.2, 0.25) is 0 Å². The largest absolute Gasteiger partial charge is 0.310 e. The number of anilines is 3. The minimum Gasteiger partial charge on any atom is -0.310 e. The molecule has 0 radical (unpaired) electrons. The van der Waals surface area contributed by atoms with Crippen LogP contribution in [0.5, 0.6) is 0 Å². The molecule has 0 aliphatic heterocycles. The number of thiophene rings is 1. The summed E-state index contributed by atoms with van der Waals surface area (Å²) in [4.78, 5) is 2.38. The predicted molar refractivity (Wildman–Crippen MR) is 253 cm³/mol. The molecule has 1 aliphatic rings. The first-order chi connectivity index (χ1) is 29.0. The van der Waals surface area contributed by atoms with Crippen LogP contribution in [0.25, 0.3) is 75.8 Å². The molecule has 1 aromatic heterocycles. The van der Waals surface area contributed by atoms with Crippen LogP contribution in [0, 0.1) is 0 Å². The molecule has 59 heavy (non-hydrogen) atoms. The van der Waals surface area contributed by atoms with E-state index in [1.54, 1.807) is 0 Å². The van der Waals surface area contributed by atoms with E-state index in [0.29, 0.717) is 0 Å². The van der Waals surface area contributed by atoms with Crippen molar-refractivity contribution < 1.29 is 0 Å². The minimum atomic E-state index is -0.0762. The average molecular weight is 772 g/mol. The Morgan fingerprint density at radius 2 is 0.831 bits per heavy atom. The van der Waals surface area contributed by atoms with Crippen LogP contribution in [0.4, 0.5) is 17.1 Å². The van der Waals surface area contributed by atoms with Crippen molar-refractivity contribution in [3.63, 3.8) is 0 Å². The fourth-order valence-electron chi connectivity index (χ4n) is 9.16. The van der Waals surface area contributed by atoms with Crippen LogP contribution in [-0.2, 0) is 5.41 Å². The normalized spacial score (nSPS) is 12.7. The molecule has 2 heteroatoms. The van der Waals surface area contributed by atoms with E-state index in [0.717, 1.165) is 17.1 Å². The van der Waals surface area contributed by atoms with E-state index >= 15 is 0 Å². The van der Waals surface area contributed by atoms with Gasteiger partial charge in [-0.1, -0.05) is 159 Å². The second kappa shape index (κ2) is 14.1. The predicted octanol–water partition coefficient (Wildman–Crippen LogP) is 16.5. The van der Waals surface area contributed by atoms with Crippen molar-refractivity contribution in [1.29, 1.82) is 0 Å². The van der Waals surface area contributed by atoms with E-state index in [4.69, 9.17) is 0 Å². The van der Waals surface area contributed by atoms with Crippen molar-refractivity contribution in [2.24, 2.45) is 0 Å². The molecule has 0 bridgehead atoms. The summed E-state index contributed by atoms with van der Waals surface area (Å²) in [5, 5.41) is 2.64. The van der Waals surface area contributed by atoms with E-state index in [9.17, 15) is 0 Å². The van der Waals surface area contributed by atoms with E-state index < -0.39 is 0 Å². The SMILES string of the molecule is CC1(C)c2ccc(-c3ccc(N(c4ccc(-c5ccc6sc7ccccc7c6c5)cc4)c4cccc(-c5ccccc5)c4)cc3)cc2-c2ccc(-c3ccccc3)cc21. The first-order valence-corrected chi connectivity index (χ1v) is 21.2. The molecule has 0 unspecified atom stereocenters. The Kier molecular flexibility index (Phi) is 8.43. The Hall–Kier alpha value is -7.00. The fourth-order valence-corrected chi connectivity index (χ4v) is 10.2. The van der Waals surface area contributed by atoms with Gasteiger partial charge in [-0.05, 0) is 133 Å². The molecular weight excluding hydrogens is 731 g/mol. The Bertz CT molecular complexity index is 3160. The smallest absolute Gasteiger partial charge is 0.0467 e. The summed E-state index contributed by atoms with van der Waals surface area (Å²) in [5.41, 5.74) is 18.5. The standard InChI is InChI=1S/C57H41NS/c1-57(2)53-32-25-43(35-51(53)49-31-24-45(37-54(49)57)39-14-7-4-8-15-39)40-20-27-46(28-21-40)58(48-17-11-16-42(34-48)38-12-5-3-6-13-38)47-29-22-41(23-30-47)44-26-33-56-52(36-44)50-18-9-10-19-55(50)59-56/h3-37H,1-2H3. The van der Waals surface area contributed by atoms with Crippen LogP contribution in [-0.4, -0.2) is 0 Å². The second-order valence-electron chi connectivity index (χ2n) is 16.2. The highest BCUT2D eigenvalue weighted by Gasteiger charge is 2.35. The zero-order chi connectivity index (χ0) is 39.5. The molecule has 0 spiro atoms.